The highest BCUT2D eigenvalue weighted by molar-refractivity contribution is 5.93. The molecule has 4 rings (SSSR count). The average Bonchev–Trinajstić information content (AvgIpc) is 3.40. The first kappa shape index (κ1) is 27.3. The topological polar surface area (TPSA) is 141 Å². The van der Waals surface area contributed by atoms with Crippen molar-refractivity contribution in [3.8, 4) is 11.5 Å². The fraction of sp³-hybridized carbons (Fsp3) is 0.429. The molecule has 0 spiro atoms. The van der Waals surface area contributed by atoms with Gasteiger partial charge in [-0.2, -0.15) is 0 Å². The van der Waals surface area contributed by atoms with E-state index in [9.17, 15) is 9.59 Å². The standard InChI is InChI=1S/C28H35N3O7/c29-21-7-1-2-8-22(21)31-26(33)9-3-4-12-30-28(34)25-16-20(17-27(38-25)35-14-6-5-13-32)19-10-11-23-24(15-19)37-18-36-23/h1-2,7-8,10-11,15-16,20,27,32H,3-6,9,12-14,17-18,29H2,(H,30,34)(H,31,33). The molecule has 2 aromatic rings. The SMILES string of the molecule is Nc1ccccc1NC(=O)CCCCNC(=O)C1=CC(c2ccc3c(c2)OCO3)CC(OCCCCO)O1. The normalized spacial score (nSPS) is 17.9. The minimum Gasteiger partial charge on any atom is -0.459 e. The number of aliphatic hydroxyl groups is 1. The van der Waals surface area contributed by atoms with Gasteiger partial charge in [-0.25, -0.2) is 0 Å². The molecule has 5 N–H and O–H groups in total. The molecule has 2 unspecified atom stereocenters. The summed E-state index contributed by atoms with van der Waals surface area (Å²) in [4.78, 5) is 25.1. The molecule has 204 valence electrons. The Hall–Kier alpha value is -3.76. The van der Waals surface area contributed by atoms with Crippen LogP contribution in [0, 0.1) is 0 Å². The van der Waals surface area contributed by atoms with Crippen molar-refractivity contribution in [1.82, 2.24) is 5.32 Å². The number of ether oxygens (including phenoxy) is 4. The number of allylic oxidation sites excluding steroid dienone is 1. The maximum absolute atomic E-state index is 12.9. The van der Waals surface area contributed by atoms with Crippen molar-refractivity contribution in [2.24, 2.45) is 0 Å². The van der Waals surface area contributed by atoms with Gasteiger partial charge in [-0.1, -0.05) is 18.2 Å². The van der Waals surface area contributed by atoms with Crippen LogP contribution in [-0.2, 0) is 19.1 Å². The number of para-hydroxylation sites is 2. The van der Waals surface area contributed by atoms with Gasteiger partial charge in [-0.05, 0) is 61.6 Å². The largest absolute Gasteiger partial charge is 0.459 e. The second-order valence-electron chi connectivity index (χ2n) is 9.18. The number of carbonyl (C=O) groups excluding carboxylic acids is 2. The molecule has 2 heterocycles. The van der Waals surface area contributed by atoms with Gasteiger partial charge >= 0.3 is 0 Å². The molecule has 10 heteroatoms. The molecule has 0 bridgehead atoms. The van der Waals surface area contributed by atoms with Crippen LogP contribution >= 0.6 is 0 Å². The van der Waals surface area contributed by atoms with Gasteiger partial charge in [0.1, 0.15) is 0 Å². The number of benzene rings is 2. The highest BCUT2D eigenvalue weighted by Gasteiger charge is 2.29. The third-order valence-corrected chi connectivity index (χ3v) is 6.31. The first-order valence-electron chi connectivity index (χ1n) is 13.0. The summed E-state index contributed by atoms with van der Waals surface area (Å²) in [5.74, 6) is 0.994. The van der Waals surface area contributed by atoms with Gasteiger partial charge in [0.05, 0.1) is 18.0 Å². The van der Waals surface area contributed by atoms with Crippen molar-refractivity contribution < 1.29 is 33.6 Å². The van der Waals surface area contributed by atoms with Crippen molar-refractivity contribution in [3.05, 3.63) is 59.9 Å². The van der Waals surface area contributed by atoms with Crippen LogP contribution in [0.4, 0.5) is 11.4 Å². The Balaban J connectivity index is 1.29. The van der Waals surface area contributed by atoms with Crippen LogP contribution < -0.4 is 25.8 Å². The summed E-state index contributed by atoms with van der Waals surface area (Å²) in [5, 5.41) is 14.7. The van der Waals surface area contributed by atoms with E-state index in [4.69, 9.17) is 29.8 Å². The lowest BCUT2D eigenvalue weighted by molar-refractivity contribution is -0.146. The molecule has 2 atom stereocenters. The monoisotopic (exact) mass is 525 g/mol. The Kier molecular flexibility index (Phi) is 9.83. The first-order valence-corrected chi connectivity index (χ1v) is 13.0. The molecule has 0 aromatic heterocycles. The Labute approximate surface area is 222 Å². The maximum atomic E-state index is 12.9. The molecule has 0 aliphatic carbocycles. The van der Waals surface area contributed by atoms with Crippen LogP contribution in [0.2, 0.25) is 0 Å². The molecule has 0 saturated carbocycles. The number of nitrogens with one attached hydrogen (secondary N) is 2. The van der Waals surface area contributed by atoms with E-state index in [-0.39, 0.29) is 36.9 Å². The molecule has 2 aliphatic heterocycles. The molecule has 2 aliphatic rings. The lowest BCUT2D eigenvalue weighted by atomic mass is 9.92. The van der Waals surface area contributed by atoms with Crippen LogP contribution in [0.15, 0.2) is 54.3 Å². The lowest BCUT2D eigenvalue weighted by Gasteiger charge is -2.29. The van der Waals surface area contributed by atoms with E-state index in [1.54, 1.807) is 18.2 Å². The summed E-state index contributed by atoms with van der Waals surface area (Å²) in [6.07, 6.45) is 4.63. The van der Waals surface area contributed by atoms with Gasteiger partial charge < -0.3 is 40.4 Å². The maximum Gasteiger partial charge on any atom is 0.286 e. The van der Waals surface area contributed by atoms with E-state index < -0.39 is 6.29 Å². The summed E-state index contributed by atoms with van der Waals surface area (Å²) in [6, 6.07) is 12.8. The fourth-order valence-electron chi connectivity index (χ4n) is 4.25. The summed E-state index contributed by atoms with van der Waals surface area (Å²) in [5.41, 5.74) is 7.94. The van der Waals surface area contributed by atoms with E-state index in [1.165, 1.54) is 0 Å². The van der Waals surface area contributed by atoms with E-state index in [2.05, 4.69) is 10.6 Å². The van der Waals surface area contributed by atoms with Crippen LogP contribution in [0.3, 0.4) is 0 Å². The minimum absolute atomic E-state index is 0.101. The zero-order valence-corrected chi connectivity index (χ0v) is 21.3. The average molecular weight is 526 g/mol. The highest BCUT2D eigenvalue weighted by Crippen LogP contribution is 2.38. The van der Waals surface area contributed by atoms with Gasteiger partial charge in [0.2, 0.25) is 19.0 Å². The Morgan fingerprint density at radius 1 is 1.05 bits per heavy atom. The lowest BCUT2D eigenvalue weighted by Crippen LogP contribution is -2.33. The summed E-state index contributed by atoms with van der Waals surface area (Å²) in [7, 11) is 0. The smallest absolute Gasteiger partial charge is 0.286 e. The predicted octanol–water partition coefficient (Wildman–Crippen LogP) is 3.43. The highest BCUT2D eigenvalue weighted by atomic mass is 16.7. The Morgan fingerprint density at radius 2 is 1.89 bits per heavy atom. The van der Waals surface area contributed by atoms with Crippen LogP contribution in [0.25, 0.3) is 0 Å². The zero-order chi connectivity index (χ0) is 26.7. The number of hydrogen-bond acceptors (Lipinski definition) is 8. The van der Waals surface area contributed by atoms with E-state index >= 15 is 0 Å². The first-order chi connectivity index (χ1) is 18.5. The summed E-state index contributed by atoms with van der Waals surface area (Å²) in [6.45, 7) is 1.11. The molecule has 0 radical (unpaired) electrons. The van der Waals surface area contributed by atoms with Gasteiger partial charge in [0.25, 0.3) is 5.91 Å². The van der Waals surface area contributed by atoms with Crippen molar-refractivity contribution >= 4 is 23.2 Å². The van der Waals surface area contributed by atoms with Gasteiger partial charge in [-0.15, -0.1) is 0 Å². The minimum atomic E-state index is -0.594. The van der Waals surface area contributed by atoms with E-state index in [0.717, 1.165) is 5.56 Å². The number of rotatable bonds is 13. The van der Waals surface area contributed by atoms with Gasteiger partial charge in [-0.3, -0.25) is 9.59 Å². The number of unbranched alkanes of at least 4 members (excludes halogenated alkanes) is 2. The van der Waals surface area contributed by atoms with Crippen LogP contribution in [-0.4, -0.2) is 49.8 Å². The molecular formula is C28H35N3O7. The number of aliphatic hydroxyl groups excluding tert-OH is 1. The molecule has 38 heavy (non-hydrogen) atoms. The second kappa shape index (κ2) is 13.7. The number of anilines is 2. The predicted molar refractivity (Wildman–Crippen MR) is 141 cm³/mol. The number of nitrogens with two attached hydrogens (primary N) is 1. The quantitative estimate of drug-likeness (QED) is 0.230. The Morgan fingerprint density at radius 3 is 2.74 bits per heavy atom. The third-order valence-electron chi connectivity index (χ3n) is 6.31. The second-order valence-corrected chi connectivity index (χ2v) is 9.18. The zero-order valence-electron chi connectivity index (χ0n) is 21.3. The van der Waals surface area contributed by atoms with Crippen LogP contribution in [0.1, 0.15) is 50.0 Å². The third kappa shape index (κ3) is 7.62. The number of amides is 2. The van der Waals surface area contributed by atoms with Crippen LogP contribution in [0.5, 0.6) is 11.5 Å². The van der Waals surface area contributed by atoms with Gasteiger partial charge in [0, 0.05) is 31.9 Å². The summed E-state index contributed by atoms with van der Waals surface area (Å²) < 4.78 is 22.7. The van der Waals surface area contributed by atoms with Crippen molar-refractivity contribution in [1.29, 1.82) is 0 Å². The number of fused-ring (bicyclic) bond motifs is 1. The van der Waals surface area contributed by atoms with Gasteiger partial charge in [0.15, 0.2) is 17.3 Å². The van der Waals surface area contributed by atoms with Crippen molar-refractivity contribution in [2.45, 2.75) is 50.7 Å². The summed E-state index contributed by atoms with van der Waals surface area (Å²) >= 11 is 0. The molecular weight excluding hydrogens is 490 g/mol. The van der Waals surface area contributed by atoms with E-state index in [0.29, 0.717) is 74.6 Å². The van der Waals surface area contributed by atoms with E-state index in [1.807, 2.05) is 30.3 Å². The van der Waals surface area contributed by atoms with Crippen molar-refractivity contribution in [3.63, 3.8) is 0 Å². The Bertz CT molecular complexity index is 1140. The van der Waals surface area contributed by atoms with Crippen molar-refractivity contribution in [2.75, 3.05) is 37.6 Å². The fourth-order valence-corrected chi connectivity index (χ4v) is 4.25. The molecule has 0 saturated heterocycles. The molecule has 10 nitrogen and oxygen atoms in total. The number of hydrogen-bond donors (Lipinski definition) is 4. The number of carbonyl (C=O) groups is 2. The molecule has 2 aromatic carbocycles. The molecule has 2 amide bonds. The number of nitrogen functional groups attached to an aromatic ring is 1. The molecule has 0 fully saturated rings.